The van der Waals surface area contributed by atoms with E-state index in [2.05, 4.69) is 26.0 Å². The van der Waals surface area contributed by atoms with Gasteiger partial charge < -0.3 is 9.47 Å². The minimum Gasteiger partial charge on any atom is -0.459 e. The average molecular weight is 354 g/mol. The highest BCUT2D eigenvalue weighted by Gasteiger charge is 2.66. The number of esters is 1. The van der Waals surface area contributed by atoms with Crippen LogP contribution < -0.4 is 0 Å². The minimum atomic E-state index is -0.0275. The lowest BCUT2D eigenvalue weighted by Crippen LogP contribution is -2.40. The summed E-state index contributed by atoms with van der Waals surface area (Å²) in [5.41, 5.74) is -0.0275. The molecule has 5 saturated carbocycles. The molecule has 6 bridgehead atoms. The summed E-state index contributed by atoms with van der Waals surface area (Å²) in [6.45, 7) is 4.46. The molecule has 0 aromatic carbocycles. The van der Waals surface area contributed by atoms with Gasteiger partial charge in [-0.1, -0.05) is 12.2 Å². The van der Waals surface area contributed by atoms with Crippen molar-refractivity contribution in [2.45, 2.75) is 63.8 Å². The molecule has 3 heteroatoms. The molecule has 1 aliphatic heterocycles. The summed E-state index contributed by atoms with van der Waals surface area (Å²) in [6, 6.07) is 0. The van der Waals surface area contributed by atoms with E-state index in [1.165, 1.54) is 25.7 Å². The Kier molecular flexibility index (Phi) is 2.67. The number of rotatable bonds is 2. The Hall–Kier alpha value is -0.830. The van der Waals surface area contributed by atoms with E-state index in [9.17, 15) is 4.79 Å². The summed E-state index contributed by atoms with van der Waals surface area (Å²) >= 11 is 0. The number of hydrogen-bond donors (Lipinski definition) is 0. The fourth-order valence-corrected chi connectivity index (χ4v) is 9.32. The lowest BCUT2D eigenvalue weighted by molar-refractivity contribution is -0.168. The molecule has 7 aliphatic rings. The van der Waals surface area contributed by atoms with Crippen molar-refractivity contribution < 1.29 is 14.3 Å². The molecule has 1 saturated heterocycles. The number of ether oxygens (including phenoxy) is 2. The number of carbonyl (C=O) groups is 1. The largest absolute Gasteiger partial charge is 0.459 e. The van der Waals surface area contributed by atoms with E-state index in [0.29, 0.717) is 23.7 Å². The Morgan fingerprint density at radius 2 is 1.73 bits per heavy atom. The summed E-state index contributed by atoms with van der Waals surface area (Å²) in [5, 5.41) is 0. The van der Waals surface area contributed by atoms with E-state index in [1.807, 2.05) is 0 Å². The first kappa shape index (κ1) is 15.1. The molecule has 3 nitrogen and oxygen atoms in total. The molecule has 1 heterocycles. The van der Waals surface area contributed by atoms with Gasteiger partial charge in [0.1, 0.15) is 6.10 Å². The van der Waals surface area contributed by atoms with Gasteiger partial charge in [-0.2, -0.15) is 0 Å². The molecule has 26 heavy (non-hydrogen) atoms. The summed E-state index contributed by atoms with van der Waals surface area (Å²) in [7, 11) is 0. The number of fused-ring (bicyclic) bond motifs is 10. The zero-order chi connectivity index (χ0) is 17.4. The zero-order valence-electron chi connectivity index (χ0n) is 15.8. The molecule has 0 spiro atoms. The van der Waals surface area contributed by atoms with Crippen LogP contribution in [0, 0.1) is 59.2 Å². The molecule has 6 aliphatic carbocycles. The van der Waals surface area contributed by atoms with Crippen molar-refractivity contribution in [1.82, 2.24) is 0 Å². The van der Waals surface area contributed by atoms with Gasteiger partial charge in [-0.15, -0.1) is 0 Å². The maximum absolute atomic E-state index is 13.2. The maximum Gasteiger partial charge on any atom is 0.309 e. The fraction of sp³-hybridized carbons (Fsp3) is 0.870. The quantitative estimate of drug-likeness (QED) is 0.429. The van der Waals surface area contributed by atoms with Gasteiger partial charge in [-0.3, -0.25) is 4.79 Å². The molecule has 0 N–H and O–H groups in total. The van der Waals surface area contributed by atoms with Crippen molar-refractivity contribution in [1.29, 1.82) is 0 Å². The van der Waals surface area contributed by atoms with E-state index in [0.717, 1.165) is 36.0 Å². The highest BCUT2D eigenvalue weighted by atomic mass is 16.6. The Labute approximate surface area is 155 Å². The van der Waals surface area contributed by atoms with Gasteiger partial charge in [-0.05, 0) is 99.2 Å². The van der Waals surface area contributed by atoms with E-state index in [1.54, 1.807) is 0 Å². The van der Waals surface area contributed by atoms with Crippen molar-refractivity contribution in [3.05, 3.63) is 12.2 Å². The van der Waals surface area contributed by atoms with Crippen LogP contribution in [0.25, 0.3) is 0 Å². The molecular weight excluding hydrogens is 324 g/mol. The topological polar surface area (TPSA) is 35.5 Å². The predicted octanol–water partition coefficient (Wildman–Crippen LogP) is 3.83. The fourth-order valence-electron chi connectivity index (χ4n) is 9.32. The van der Waals surface area contributed by atoms with Crippen LogP contribution in [0.1, 0.15) is 46.0 Å². The highest BCUT2D eigenvalue weighted by molar-refractivity contribution is 5.74. The number of allylic oxidation sites excluding steroid dienone is 2. The lowest BCUT2D eigenvalue weighted by Gasteiger charge is -2.36. The van der Waals surface area contributed by atoms with Crippen LogP contribution in [-0.4, -0.2) is 23.8 Å². The van der Waals surface area contributed by atoms with E-state index in [4.69, 9.17) is 9.47 Å². The molecule has 12 atom stereocenters. The van der Waals surface area contributed by atoms with Crippen LogP contribution >= 0.6 is 0 Å². The van der Waals surface area contributed by atoms with Gasteiger partial charge >= 0.3 is 5.97 Å². The Bertz CT molecular complexity index is 710. The van der Waals surface area contributed by atoms with Gasteiger partial charge in [0.05, 0.1) is 17.6 Å². The second-order valence-corrected chi connectivity index (χ2v) is 11.2. The van der Waals surface area contributed by atoms with Crippen LogP contribution in [-0.2, 0) is 14.3 Å². The van der Waals surface area contributed by atoms with E-state index >= 15 is 0 Å². The van der Waals surface area contributed by atoms with Crippen LogP contribution in [0.2, 0.25) is 0 Å². The van der Waals surface area contributed by atoms with Crippen LogP contribution in [0.15, 0.2) is 12.2 Å². The lowest BCUT2D eigenvalue weighted by atomic mass is 9.69. The first-order valence-corrected chi connectivity index (χ1v) is 11.1. The van der Waals surface area contributed by atoms with Gasteiger partial charge in [-0.25, -0.2) is 0 Å². The highest BCUT2D eigenvalue weighted by Crippen LogP contribution is 2.67. The van der Waals surface area contributed by atoms with Crippen molar-refractivity contribution in [2.75, 3.05) is 0 Å². The zero-order valence-corrected chi connectivity index (χ0v) is 15.8. The summed E-state index contributed by atoms with van der Waals surface area (Å²) in [5.74, 6) is 6.82. The molecule has 12 unspecified atom stereocenters. The van der Waals surface area contributed by atoms with Crippen molar-refractivity contribution in [3.63, 3.8) is 0 Å². The van der Waals surface area contributed by atoms with E-state index in [-0.39, 0.29) is 29.7 Å². The third-order valence-electron chi connectivity index (χ3n) is 10.0. The normalized spacial score (nSPS) is 61.6. The van der Waals surface area contributed by atoms with Gasteiger partial charge in [0.15, 0.2) is 0 Å². The maximum atomic E-state index is 13.2. The average Bonchev–Trinajstić information content (AvgIpc) is 3.39. The van der Waals surface area contributed by atoms with E-state index < -0.39 is 0 Å². The van der Waals surface area contributed by atoms with Crippen molar-refractivity contribution in [2.24, 2.45) is 59.2 Å². The standard InChI is InChI=1S/C23H30O3/c1-23(2)17-9-13-8-16(17)21(26-23)20(13)25-22(24)15-7-12-6-14(15)19-11-4-3-10(5-11)18(12)19/h3-4,10-21H,5-9H2,1-2H3. The predicted molar refractivity (Wildman–Crippen MR) is 96.0 cm³/mol. The molecule has 0 aromatic rings. The van der Waals surface area contributed by atoms with Crippen molar-refractivity contribution >= 4 is 5.97 Å². The SMILES string of the molecule is CC1(C)OC2C3CC(CC31)C2OC(=O)C1CC2CC1C1C3C=CC(C3)C21. The summed E-state index contributed by atoms with van der Waals surface area (Å²) in [6.07, 6.45) is 11.3. The smallest absolute Gasteiger partial charge is 0.309 e. The molecule has 0 amide bonds. The third-order valence-corrected chi connectivity index (χ3v) is 10.0. The van der Waals surface area contributed by atoms with Gasteiger partial charge in [0, 0.05) is 0 Å². The molecule has 7 rings (SSSR count). The number of hydrogen-bond acceptors (Lipinski definition) is 3. The Morgan fingerprint density at radius 1 is 0.962 bits per heavy atom. The van der Waals surface area contributed by atoms with Crippen molar-refractivity contribution in [3.8, 4) is 0 Å². The second kappa shape index (κ2) is 4.59. The van der Waals surface area contributed by atoms with Crippen LogP contribution in [0.4, 0.5) is 0 Å². The number of carbonyl (C=O) groups excluding carboxylic acids is 1. The molecular formula is C23H30O3. The minimum absolute atomic E-state index is 0.0275. The molecule has 6 fully saturated rings. The Morgan fingerprint density at radius 3 is 2.58 bits per heavy atom. The van der Waals surface area contributed by atoms with Crippen LogP contribution in [0.3, 0.4) is 0 Å². The summed E-state index contributed by atoms with van der Waals surface area (Å²) < 4.78 is 12.6. The first-order chi connectivity index (χ1) is 12.5. The monoisotopic (exact) mass is 354 g/mol. The first-order valence-electron chi connectivity index (χ1n) is 11.1. The molecule has 0 aromatic heterocycles. The Balaban J connectivity index is 1.10. The summed E-state index contributed by atoms with van der Waals surface area (Å²) in [4.78, 5) is 13.2. The van der Waals surface area contributed by atoms with Crippen LogP contribution in [0.5, 0.6) is 0 Å². The second-order valence-electron chi connectivity index (χ2n) is 11.2. The van der Waals surface area contributed by atoms with Gasteiger partial charge in [0.25, 0.3) is 0 Å². The third kappa shape index (κ3) is 1.65. The van der Waals surface area contributed by atoms with Gasteiger partial charge in [0.2, 0.25) is 0 Å². The molecule has 0 radical (unpaired) electrons. The molecule has 140 valence electrons.